The van der Waals surface area contributed by atoms with Gasteiger partial charge in [0.1, 0.15) is 12.0 Å². The predicted molar refractivity (Wildman–Crippen MR) is 93.8 cm³/mol. The van der Waals surface area contributed by atoms with E-state index in [9.17, 15) is 4.79 Å². The molecule has 0 bridgehead atoms. The van der Waals surface area contributed by atoms with E-state index in [2.05, 4.69) is 24.8 Å². The molecule has 3 heterocycles. The van der Waals surface area contributed by atoms with Crippen LogP contribution in [0.3, 0.4) is 0 Å². The Morgan fingerprint density at radius 1 is 1.16 bits per heavy atom. The zero-order valence-electron chi connectivity index (χ0n) is 14.8. The number of amides is 1. The van der Waals surface area contributed by atoms with Gasteiger partial charge in [-0.25, -0.2) is 9.97 Å². The highest BCUT2D eigenvalue weighted by atomic mass is 16.2. The third kappa shape index (κ3) is 4.79. The van der Waals surface area contributed by atoms with Gasteiger partial charge >= 0.3 is 0 Å². The number of aromatic nitrogens is 4. The smallest absolute Gasteiger partial charge is 0.272 e. The minimum Gasteiger partial charge on any atom is -0.337 e. The van der Waals surface area contributed by atoms with Crippen molar-refractivity contribution in [3.8, 4) is 0 Å². The van der Waals surface area contributed by atoms with E-state index in [0.717, 1.165) is 50.3 Å². The van der Waals surface area contributed by atoms with E-state index in [1.807, 2.05) is 31.4 Å². The minimum atomic E-state index is -0.00585. The number of likely N-dealkylation sites (tertiary alicyclic amines) is 1. The maximum absolute atomic E-state index is 12.4. The molecule has 7 heteroatoms. The van der Waals surface area contributed by atoms with Crippen LogP contribution < -0.4 is 0 Å². The fourth-order valence-electron chi connectivity index (χ4n) is 3.11. The Bertz CT molecular complexity index is 680. The van der Waals surface area contributed by atoms with Crippen LogP contribution in [-0.2, 0) is 13.0 Å². The first-order chi connectivity index (χ1) is 12.1. The van der Waals surface area contributed by atoms with Crippen LogP contribution in [0, 0.1) is 5.92 Å². The van der Waals surface area contributed by atoms with Gasteiger partial charge < -0.3 is 9.80 Å². The second-order valence-corrected chi connectivity index (χ2v) is 6.77. The fourth-order valence-corrected chi connectivity index (χ4v) is 3.11. The molecule has 0 unspecified atom stereocenters. The first kappa shape index (κ1) is 17.4. The summed E-state index contributed by atoms with van der Waals surface area (Å²) >= 11 is 0. The molecular formula is C18H24N6O. The molecule has 0 atom stereocenters. The Balaban J connectivity index is 1.50. The van der Waals surface area contributed by atoms with E-state index in [4.69, 9.17) is 0 Å². The van der Waals surface area contributed by atoms with Crippen molar-refractivity contribution in [1.82, 2.24) is 29.7 Å². The first-order valence-electron chi connectivity index (χ1n) is 8.61. The molecule has 1 fully saturated rings. The second-order valence-electron chi connectivity index (χ2n) is 6.77. The number of nitrogens with zero attached hydrogens (tertiary/aromatic N) is 6. The summed E-state index contributed by atoms with van der Waals surface area (Å²) in [7, 11) is 4.04. The normalized spacial score (nSPS) is 15.6. The van der Waals surface area contributed by atoms with Gasteiger partial charge in [0.05, 0.1) is 17.6 Å². The van der Waals surface area contributed by atoms with Gasteiger partial charge in [-0.05, 0) is 45.3 Å². The van der Waals surface area contributed by atoms with E-state index < -0.39 is 0 Å². The summed E-state index contributed by atoms with van der Waals surface area (Å²) in [5.41, 5.74) is 2.48. The van der Waals surface area contributed by atoms with Crippen LogP contribution in [0.15, 0.2) is 31.0 Å². The number of hydrogen-bond acceptors (Lipinski definition) is 6. The maximum atomic E-state index is 12.4. The lowest BCUT2D eigenvalue weighted by Crippen LogP contribution is -2.39. The van der Waals surface area contributed by atoms with Crippen LogP contribution >= 0.6 is 0 Å². The van der Waals surface area contributed by atoms with Crippen molar-refractivity contribution < 1.29 is 4.79 Å². The molecule has 1 aliphatic rings. The number of carbonyl (C=O) groups is 1. The third-order valence-electron chi connectivity index (χ3n) is 4.44. The van der Waals surface area contributed by atoms with Crippen molar-refractivity contribution in [3.63, 3.8) is 0 Å². The lowest BCUT2D eigenvalue weighted by Gasteiger charge is -2.31. The average Bonchev–Trinajstić information content (AvgIpc) is 2.64. The van der Waals surface area contributed by atoms with Crippen LogP contribution in [-0.4, -0.2) is 62.8 Å². The zero-order valence-corrected chi connectivity index (χ0v) is 14.8. The fraction of sp³-hybridized carbons (Fsp3) is 0.500. The largest absolute Gasteiger partial charge is 0.337 e. The molecule has 1 saturated heterocycles. The van der Waals surface area contributed by atoms with Gasteiger partial charge in [0.15, 0.2) is 0 Å². The third-order valence-corrected chi connectivity index (χ3v) is 4.44. The van der Waals surface area contributed by atoms with Gasteiger partial charge in [0.25, 0.3) is 5.91 Å². The number of rotatable bonds is 5. The van der Waals surface area contributed by atoms with Crippen molar-refractivity contribution in [2.75, 3.05) is 27.2 Å². The van der Waals surface area contributed by atoms with E-state index >= 15 is 0 Å². The van der Waals surface area contributed by atoms with Crippen molar-refractivity contribution in [3.05, 3.63) is 48.1 Å². The van der Waals surface area contributed by atoms with E-state index in [0.29, 0.717) is 11.6 Å². The molecule has 0 saturated carbocycles. The van der Waals surface area contributed by atoms with Crippen LogP contribution in [0.2, 0.25) is 0 Å². The van der Waals surface area contributed by atoms with Crippen LogP contribution in [0.25, 0.3) is 0 Å². The summed E-state index contributed by atoms with van der Waals surface area (Å²) in [6.45, 7) is 2.33. The van der Waals surface area contributed by atoms with Crippen LogP contribution in [0.4, 0.5) is 0 Å². The van der Waals surface area contributed by atoms with Crippen LogP contribution in [0.5, 0.6) is 0 Å². The Morgan fingerprint density at radius 2 is 1.88 bits per heavy atom. The molecule has 0 aromatic carbocycles. The van der Waals surface area contributed by atoms with E-state index in [1.54, 1.807) is 12.3 Å². The van der Waals surface area contributed by atoms with E-state index in [-0.39, 0.29) is 5.91 Å². The van der Waals surface area contributed by atoms with Crippen molar-refractivity contribution >= 4 is 5.91 Å². The summed E-state index contributed by atoms with van der Waals surface area (Å²) in [5, 5.41) is 0. The molecule has 1 aliphatic heterocycles. The minimum absolute atomic E-state index is 0.00585. The highest BCUT2D eigenvalue weighted by Gasteiger charge is 2.24. The van der Waals surface area contributed by atoms with Crippen molar-refractivity contribution in [2.24, 2.45) is 5.92 Å². The monoisotopic (exact) mass is 340 g/mol. The highest BCUT2D eigenvalue weighted by Crippen LogP contribution is 2.21. The molecule has 132 valence electrons. The molecule has 0 aliphatic carbocycles. The topological polar surface area (TPSA) is 75.1 Å². The summed E-state index contributed by atoms with van der Waals surface area (Å²) in [5.74, 6) is 0.539. The van der Waals surface area contributed by atoms with Crippen LogP contribution in [0.1, 0.15) is 34.7 Å². The van der Waals surface area contributed by atoms with Gasteiger partial charge in [0, 0.05) is 32.0 Å². The molecule has 0 radical (unpaired) electrons. The van der Waals surface area contributed by atoms with Gasteiger partial charge in [-0.15, -0.1) is 0 Å². The molecule has 25 heavy (non-hydrogen) atoms. The lowest BCUT2D eigenvalue weighted by molar-refractivity contribution is 0.0684. The molecule has 7 nitrogen and oxygen atoms in total. The standard InChI is InChI=1S/C18H24N6O/c1-23(2)12-16-11-20-15(10-21-16)9-14-4-7-24(8-5-14)18(25)17-3-6-19-13-22-17/h3,6,10-11,13-14H,4-5,7-9,12H2,1-2H3. The van der Waals surface area contributed by atoms with E-state index in [1.165, 1.54) is 6.33 Å². The van der Waals surface area contributed by atoms with Gasteiger partial charge in [-0.2, -0.15) is 0 Å². The predicted octanol–water partition coefficient (Wildman–Crippen LogP) is 1.42. The summed E-state index contributed by atoms with van der Waals surface area (Å²) in [4.78, 5) is 33.3. The quantitative estimate of drug-likeness (QED) is 0.819. The highest BCUT2D eigenvalue weighted by molar-refractivity contribution is 5.92. The molecule has 2 aromatic rings. The average molecular weight is 340 g/mol. The number of carbonyl (C=O) groups excluding carboxylic acids is 1. The Hall–Kier alpha value is -2.41. The summed E-state index contributed by atoms with van der Waals surface area (Å²) < 4.78 is 0. The summed E-state index contributed by atoms with van der Waals surface area (Å²) in [6, 6.07) is 1.67. The zero-order chi connectivity index (χ0) is 17.6. The Kier molecular flexibility index (Phi) is 5.65. The molecular weight excluding hydrogens is 316 g/mol. The molecule has 3 rings (SSSR count). The maximum Gasteiger partial charge on any atom is 0.272 e. The number of piperidine rings is 1. The van der Waals surface area contributed by atoms with Gasteiger partial charge in [-0.1, -0.05) is 0 Å². The molecule has 0 N–H and O–H groups in total. The molecule has 0 spiro atoms. The SMILES string of the molecule is CN(C)Cc1cnc(CC2CCN(C(=O)c3ccncn3)CC2)cn1. The van der Waals surface area contributed by atoms with Gasteiger partial charge in [-0.3, -0.25) is 14.8 Å². The lowest BCUT2D eigenvalue weighted by atomic mass is 9.92. The van der Waals surface area contributed by atoms with Crippen molar-refractivity contribution in [1.29, 1.82) is 0 Å². The Morgan fingerprint density at radius 3 is 2.48 bits per heavy atom. The van der Waals surface area contributed by atoms with Crippen molar-refractivity contribution in [2.45, 2.75) is 25.8 Å². The molecule has 1 amide bonds. The summed E-state index contributed by atoms with van der Waals surface area (Å²) in [6.07, 6.45) is 9.66. The first-order valence-corrected chi connectivity index (χ1v) is 8.61. The molecule has 2 aromatic heterocycles. The number of hydrogen-bond donors (Lipinski definition) is 0. The Labute approximate surface area is 148 Å². The van der Waals surface area contributed by atoms with Gasteiger partial charge in [0.2, 0.25) is 0 Å². The second kappa shape index (κ2) is 8.11.